The number of carbonyl (C=O) groups excluding carboxylic acids is 1. The van der Waals surface area contributed by atoms with E-state index in [9.17, 15) is 4.79 Å². The molecule has 19 heavy (non-hydrogen) atoms. The van der Waals surface area contributed by atoms with E-state index >= 15 is 0 Å². The highest BCUT2D eigenvalue weighted by Crippen LogP contribution is 2.27. The summed E-state index contributed by atoms with van der Waals surface area (Å²) in [6.45, 7) is 0.695. The van der Waals surface area contributed by atoms with E-state index in [2.05, 4.69) is 5.32 Å². The van der Waals surface area contributed by atoms with Gasteiger partial charge in [0.15, 0.2) is 0 Å². The molecule has 0 aliphatic heterocycles. The summed E-state index contributed by atoms with van der Waals surface area (Å²) < 4.78 is 5.19. The Morgan fingerprint density at radius 3 is 2.95 bits per heavy atom. The Morgan fingerprint density at radius 1 is 1.42 bits per heavy atom. The zero-order chi connectivity index (χ0) is 13.7. The summed E-state index contributed by atoms with van der Waals surface area (Å²) in [5.41, 5.74) is 0.586. The van der Waals surface area contributed by atoms with Gasteiger partial charge in [0.05, 0.1) is 12.7 Å². The highest BCUT2D eigenvalue weighted by molar-refractivity contribution is 6.20. The number of amides is 1. The fraction of sp³-hybridized carbons (Fsp3) is 0.533. The van der Waals surface area contributed by atoms with E-state index in [0.29, 0.717) is 23.8 Å². The predicted molar refractivity (Wildman–Crippen MR) is 76.9 cm³/mol. The second-order valence-corrected chi connectivity index (χ2v) is 5.66. The molecular formula is C15H20ClNO2. The number of methoxy groups -OCH3 is 1. The lowest BCUT2D eigenvalue weighted by Crippen LogP contribution is -2.32. The van der Waals surface area contributed by atoms with Crippen molar-refractivity contribution in [2.45, 2.75) is 31.1 Å². The maximum Gasteiger partial charge on any atom is 0.255 e. The third-order valence-electron chi connectivity index (χ3n) is 3.62. The average Bonchev–Trinajstić information content (AvgIpc) is 2.45. The van der Waals surface area contributed by atoms with E-state index in [1.54, 1.807) is 19.2 Å². The van der Waals surface area contributed by atoms with Crippen molar-refractivity contribution in [3.8, 4) is 5.75 Å². The second kappa shape index (κ2) is 6.80. The molecule has 1 aromatic rings. The Kier molecular flexibility index (Phi) is 5.08. The first-order chi connectivity index (χ1) is 9.20. The van der Waals surface area contributed by atoms with Gasteiger partial charge in [0, 0.05) is 11.9 Å². The van der Waals surface area contributed by atoms with Crippen LogP contribution >= 0.6 is 11.6 Å². The minimum absolute atomic E-state index is 0.0749. The molecule has 0 heterocycles. The first kappa shape index (κ1) is 14.2. The molecule has 2 atom stereocenters. The van der Waals surface area contributed by atoms with Gasteiger partial charge in [-0.25, -0.2) is 0 Å². The minimum Gasteiger partial charge on any atom is -0.496 e. The van der Waals surface area contributed by atoms with Crippen molar-refractivity contribution >= 4 is 17.5 Å². The standard InChI is InChI=1S/C15H20ClNO2/c1-19-14-8-3-2-7-13(14)15(18)17-10-11-5-4-6-12(16)9-11/h2-3,7-8,11-12H,4-6,9-10H2,1H3,(H,17,18). The number of nitrogens with one attached hydrogen (secondary N) is 1. The van der Waals surface area contributed by atoms with E-state index in [-0.39, 0.29) is 11.3 Å². The van der Waals surface area contributed by atoms with E-state index in [0.717, 1.165) is 25.7 Å². The fourth-order valence-electron chi connectivity index (χ4n) is 2.58. The van der Waals surface area contributed by atoms with Gasteiger partial charge in [0.2, 0.25) is 0 Å². The number of halogens is 1. The molecule has 2 rings (SSSR count). The van der Waals surface area contributed by atoms with Crippen LogP contribution in [0.1, 0.15) is 36.0 Å². The van der Waals surface area contributed by atoms with Crippen molar-refractivity contribution in [1.29, 1.82) is 0 Å². The molecule has 2 unspecified atom stereocenters. The molecule has 104 valence electrons. The number of ether oxygens (including phenoxy) is 1. The van der Waals surface area contributed by atoms with Crippen LogP contribution in [0, 0.1) is 5.92 Å². The molecule has 1 aliphatic carbocycles. The maximum absolute atomic E-state index is 12.1. The van der Waals surface area contributed by atoms with Crippen molar-refractivity contribution in [2.75, 3.05) is 13.7 Å². The van der Waals surface area contributed by atoms with Gasteiger partial charge in [-0.1, -0.05) is 18.6 Å². The van der Waals surface area contributed by atoms with E-state index in [1.165, 1.54) is 0 Å². The Balaban J connectivity index is 1.90. The molecule has 0 aromatic heterocycles. The summed E-state index contributed by atoms with van der Waals surface area (Å²) >= 11 is 6.16. The van der Waals surface area contributed by atoms with Crippen molar-refractivity contribution in [2.24, 2.45) is 5.92 Å². The second-order valence-electron chi connectivity index (χ2n) is 5.04. The largest absolute Gasteiger partial charge is 0.496 e. The topological polar surface area (TPSA) is 38.3 Å². The lowest BCUT2D eigenvalue weighted by Gasteiger charge is -2.25. The third-order valence-corrected chi connectivity index (χ3v) is 4.02. The fourth-order valence-corrected chi connectivity index (χ4v) is 2.98. The average molecular weight is 282 g/mol. The van der Waals surface area contributed by atoms with Crippen molar-refractivity contribution in [3.05, 3.63) is 29.8 Å². The molecule has 1 amide bonds. The number of hydrogen-bond donors (Lipinski definition) is 1. The van der Waals surface area contributed by atoms with Crippen LogP contribution in [0.2, 0.25) is 0 Å². The molecule has 4 heteroatoms. The third kappa shape index (κ3) is 3.87. The summed E-state index contributed by atoms with van der Waals surface area (Å²) in [6.07, 6.45) is 4.39. The van der Waals surface area contributed by atoms with Crippen LogP contribution in [0.4, 0.5) is 0 Å². The van der Waals surface area contributed by atoms with Gasteiger partial charge in [-0.05, 0) is 37.3 Å². The van der Waals surface area contributed by atoms with Crippen LogP contribution in [0.5, 0.6) is 5.75 Å². The zero-order valence-corrected chi connectivity index (χ0v) is 12.0. The summed E-state index contributed by atoms with van der Waals surface area (Å²) in [5, 5.41) is 3.25. The highest BCUT2D eigenvalue weighted by Gasteiger charge is 2.21. The van der Waals surface area contributed by atoms with Crippen LogP contribution in [-0.2, 0) is 0 Å². The molecule has 1 saturated carbocycles. The lowest BCUT2D eigenvalue weighted by molar-refractivity contribution is 0.0940. The van der Waals surface area contributed by atoms with Crippen molar-refractivity contribution in [3.63, 3.8) is 0 Å². The van der Waals surface area contributed by atoms with Crippen LogP contribution in [-0.4, -0.2) is 24.9 Å². The van der Waals surface area contributed by atoms with Crippen molar-refractivity contribution < 1.29 is 9.53 Å². The number of carbonyl (C=O) groups is 1. The molecule has 0 spiro atoms. The molecular weight excluding hydrogens is 262 g/mol. The van der Waals surface area contributed by atoms with E-state index in [4.69, 9.17) is 16.3 Å². The highest BCUT2D eigenvalue weighted by atomic mass is 35.5. The van der Waals surface area contributed by atoms with Crippen LogP contribution in [0.15, 0.2) is 24.3 Å². The molecule has 1 aliphatic rings. The smallest absolute Gasteiger partial charge is 0.255 e. The summed E-state index contributed by atoms with van der Waals surface area (Å²) in [7, 11) is 1.57. The summed E-state index contributed by atoms with van der Waals surface area (Å²) in [5.74, 6) is 1.03. The monoisotopic (exact) mass is 281 g/mol. The Bertz CT molecular complexity index is 436. The number of hydrogen-bond acceptors (Lipinski definition) is 2. The van der Waals surface area contributed by atoms with Gasteiger partial charge in [0.1, 0.15) is 5.75 Å². The Labute approximate surface area is 119 Å². The molecule has 1 aromatic carbocycles. The SMILES string of the molecule is COc1ccccc1C(=O)NCC1CCCC(Cl)C1. The molecule has 0 saturated heterocycles. The Morgan fingerprint density at radius 2 is 2.21 bits per heavy atom. The van der Waals surface area contributed by atoms with Gasteiger partial charge in [0.25, 0.3) is 5.91 Å². The molecule has 1 fully saturated rings. The predicted octanol–water partition coefficient (Wildman–Crippen LogP) is 3.22. The molecule has 3 nitrogen and oxygen atoms in total. The molecule has 0 bridgehead atoms. The Hall–Kier alpha value is -1.22. The number of alkyl halides is 1. The number of para-hydroxylation sites is 1. The zero-order valence-electron chi connectivity index (χ0n) is 11.2. The van der Waals surface area contributed by atoms with Gasteiger partial charge in [-0.15, -0.1) is 11.6 Å². The van der Waals surface area contributed by atoms with Crippen LogP contribution in [0.3, 0.4) is 0 Å². The molecule has 1 N–H and O–H groups in total. The van der Waals surface area contributed by atoms with Gasteiger partial charge in [-0.3, -0.25) is 4.79 Å². The lowest BCUT2D eigenvalue weighted by atomic mass is 9.89. The van der Waals surface area contributed by atoms with Gasteiger partial charge >= 0.3 is 0 Å². The van der Waals surface area contributed by atoms with E-state index in [1.807, 2.05) is 12.1 Å². The van der Waals surface area contributed by atoms with Gasteiger partial charge in [-0.2, -0.15) is 0 Å². The first-order valence-electron chi connectivity index (χ1n) is 6.76. The number of rotatable bonds is 4. The minimum atomic E-state index is -0.0749. The normalized spacial score (nSPS) is 22.8. The summed E-state index contributed by atoms with van der Waals surface area (Å²) in [6, 6.07) is 7.27. The first-order valence-corrected chi connectivity index (χ1v) is 7.19. The van der Waals surface area contributed by atoms with Gasteiger partial charge < -0.3 is 10.1 Å². The van der Waals surface area contributed by atoms with Crippen molar-refractivity contribution in [1.82, 2.24) is 5.32 Å². The van der Waals surface area contributed by atoms with E-state index < -0.39 is 0 Å². The van der Waals surface area contributed by atoms with Crippen LogP contribution in [0.25, 0.3) is 0 Å². The quantitative estimate of drug-likeness (QED) is 0.861. The number of benzene rings is 1. The summed E-state index contributed by atoms with van der Waals surface area (Å²) in [4.78, 5) is 12.1. The maximum atomic E-state index is 12.1. The molecule has 0 radical (unpaired) electrons. The van der Waals surface area contributed by atoms with Crippen LogP contribution < -0.4 is 10.1 Å².